The number of nitrogens with zero attached hydrogens (tertiary/aromatic N) is 1. The van der Waals surface area contributed by atoms with Crippen LogP contribution in [0.2, 0.25) is 0 Å². The van der Waals surface area contributed by atoms with Gasteiger partial charge in [-0.05, 0) is 103 Å². The van der Waals surface area contributed by atoms with E-state index < -0.39 is 0 Å². The van der Waals surface area contributed by atoms with E-state index in [9.17, 15) is 0 Å². The first-order valence-electron chi connectivity index (χ1n) is 12.1. The van der Waals surface area contributed by atoms with Crippen LogP contribution in [0.3, 0.4) is 0 Å². The van der Waals surface area contributed by atoms with Crippen molar-refractivity contribution in [2.45, 2.75) is 110 Å². The Hall–Kier alpha value is -0.160. The minimum Gasteiger partial charge on any atom is -0.378 e. The van der Waals surface area contributed by atoms with Crippen LogP contribution in [-0.4, -0.2) is 61.2 Å². The van der Waals surface area contributed by atoms with E-state index in [1.807, 2.05) is 0 Å². The Balaban J connectivity index is 0.994. The first-order chi connectivity index (χ1) is 13.5. The summed E-state index contributed by atoms with van der Waals surface area (Å²) in [7, 11) is 0. The lowest BCUT2D eigenvalue weighted by Crippen LogP contribution is -2.63. The third-order valence-corrected chi connectivity index (χ3v) is 7.83. The third kappa shape index (κ3) is 5.19. The van der Waals surface area contributed by atoms with Crippen molar-refractivity contribution in [1.82, 2.24) is 4.90 Å². The SMILES string of the molecule is CC(C)(C)OC1CC(CCC23CC(COCCOC4CN(C(C)(C)C)C4)(C2)C3)C1. The van der Waals surface area contributed by atoms with Crippen molar-refractivity contribution in [3.05, 3.63) is 0 Å². The van der Waals surface area contributed by atoms with Gasteiger partial charge >= 0.3 is 0 Å². The van der Waals surface area contributed by atoms with Gasteiger partial charge in [-0.1, -0.05) is 0 Å². The Bertz CT molecular complexity index is 544. The van der Waals surface area contributed by atoms with Gasteiger partial charge in [0.1, 0.15) is 0 Å². The fraction of sp³-hybridized carbons (Fsp3) is 1.00. The normalized spacial score (nSPS) is 37.4. The highest BCUT2D eigenvalue weighted by Crippen LogP contribution is 2.75. The van der Waals surface area contributed by atoms with Gasteiger partial charge in [-0.2, -0.15) is 0 Å². The number of hydrogen-bond donors (Lipinski definition) is 0. The van der Waals surface area contributed by atoms with Crippen LogP contribution in [0.25, 0.3) is 0 Å². The lowest BCUT2D eigenvalue weighted by Gasteiger charge is -2.71. The highest BCUT2D eigenvalue weighted by molar-refractivity contribution is 5.16. The molecule has 0 radical (unpaired) electrons. The zero-order valence-electron chi connectivity index (χ0n) is 19.9. The van der Waals surface area contributed by atoms with E-state index in [4.69, 9.17) is 14.2 Å². The van der Waals surface area contributed by atoms with Crippen LogP contribution in [0.1, 0.15) is 86.5 Å². The van der Waals surface area contributed by atoms with Crippen LogP contribution in [0.15, 0.2) is 0 Å². The third-order valence-electron chi connectivity index (χ3n) is 7.83. The molecule has 0 aromatic heterocycles. The van der Waals surface area contributed by atoms with Crippen LogP contribution >= 0.6 is 0 Å². The molecule has 5 fully saturated rings. The molecule has 0 amide bonds. The molecular weight excluding hydrogens is 362 g/mol. The van der Waals surface area contributed by atoms with E-state index in [1.54, 1.807) is 0 Å². The second-order valence-electron chi connectivity index (χ2n) is 12.9. The maximum Gasteiger partial charge on any atom is 0.0830 e. The molecular formula is C25H45NO3. The van der Waals surface area contributed by atoms with Crippen molar-refractivity contribution in [1.29, 1.82) is 0 Å². The highest BCUT2D eigenvalue weighted by atomic mass is 16.5. The summed E-state index contributed by atoms with van der Waals surface area (Å²) in [6.07, 6.45) is 10.6. The summed E-state index contributed by atoms with van der Waals surface area (Å²) in [5, 5.41) is 0. The molecule has 0 aromatic carbocycles. The summed E-state index contributed by atoms with van der Waals surface area (Å²) in [6, 6.07) is 0. The van der Waals surface area contributed by atoms with Gasteiger partial charge in [0.2, 0.25) is 0 Å². The van der Waals surface area contributed by atoms with Gasteiger partial charge in [-0.15, -0.1) is 0 Å². The molecule has 4 saturated carbocycles. The second-order valence-corrected chi connectivity index (χ2v) is 12.9. The lowest BCUT2D eigenvalue weighted by molar-refractivity contribution is -0.239. The Labute approximate surface area is 179 Å². The van der Waals surface area contributed by atoms with Crippen LogP contribution in [0.4, 0.5) is 0 Å². The predicted molar refractivity (Wildman–Crippen MR) is 117 cm³/mol. The number of likely N-dealkylation sites (tertiary alicyclic amines) is 1. The van der Waals surface area contributed by atoms with Crippen molar-refractivity contribution >= 4 is 0 Å². The summed E-state index contributed by atoms with van der Waals surface area (Å²) in [5.74, 6) is 0.918. The largest absolute Gasteiger partial charge is 0.378 e. The summed E-state index contributed by atoms with van der Waals surface area (Å²) in [5.41, 5.74) is 1.53. The van der Waals surface area contributed by atoms with Crippen LogP contribution in [0.5, 0.6) is 0 Å². The van der Waals surface area contributed by atoms with Crippen molar-refractivity contribution in [2.75, 3.05) is 32.9 Å². The average Bonchev–Trinajstić information content (AvgIpc) is 2.42. The van der Waals surface area contributed by atoms with Gasteiger partial charge in [0.15, 0.2) is 0 Å². The summed E-state index contributed by atoms with van der Waals surface area (Å²) in [4.78, 5) is 2.47. The zero-order chi connectivity index (χ0) is 20.9. The van der Waals surface area contributed by atoms with Gasteiger partial charge in [-0.25, -0.2) is 0 Å². The molecule has 168 valence electrons. The minimum atomic E-state index is 0.0194. The van der Waals surface area contributed by atoms with Crippen molar-refractivity contribution in [3.63, 3.8) is 0 Å². The number of ether oxygens (including phenoxy) is 3. The molecule has 29 heavy (non-hydrogen) atoms. The Morgan fingerprint density at radius 2 is 1.52 bits per heavy atom. The van der Waals surface area contributed by atoms with Crippen molar-refractivity contribution < 1.29 is 14.2 Å². The first-order valence-corrected chi connectivity index (χ1v) is 12.1. The van der Waals surface area contributed by atoms with E-state index >= 15 is 0 Å². The molecule has 4 aliphatic carbocycles. The molecule has 0 N–H and O–H groups in total. The van der Waals surface area contributed by atoms with Gasteiger partial charge in [0.05, 0.1) is 37.6 Å². The van der Waals surface area contributed by atoms with Crippen LogP contribution < -0.4 is 0 Å². The van der Waals surface area contributed by atoms with E-state index in [0.29, 0.717) is 23.0 Å². The molecule has 1 heterocycles. The van der Waals surface area contributed by atoms with Gasteiger partial charge in [0, 0.05) is 18.6 Å². The summed E-state index contributed by atoms with van der Waals surface area (Å²) >= 11 is 0. The number of hydrogen-bond acceptors (Lipinski definition) is 4. The average molecular weight is 408 g/mol. The quantitative estimate of drug-likeness (QED) is 0.474. The monoisotopic (exact) mass is 407 g/mol. The summed E-state index contributed by atoms with van der Waals surface area (Å²) < 4.78 is 18.0. The molecule has 5 rings (SSSR count). The standard InChI is InChI=1S/C25H45NO3/c1-22(2,3)26-13-21(14-26)28-10-9-27-18-25-15-24(16-25,17-25)8-7-19-11-20(12-19)29-23(4,5)6/h19-21H,7-18H2,1-6H3. The van der Waals surface area contributed by atoms with Gasteiger partial charge in [-0.3, -0.25) is 4.90 Å². The van der Waals surface area contributed by atoms with Gasteiger partial charge in [0.25, 0.3) is 0 Å². The smallest absolute Gasteiger partial charge is 0.0830 e. The lowest BCUT2D eigenvalue weighted by atomic mass is 9.34. The molecule has 4 heteroatoms. The van der Waals surface area contributed by atoms with E-state index in [0.717, 1.165) is 38.8 Å². The topological polar surface area (TPSA) is 30.9 Å². The van der Waals surface area contributed by atoms with Crippen molar-refractivity contribution in [3.8, 4) is 0 Å². The fourth-order valence-corrected chi connectivity index (χ4v) is 6.32. The number of rotatable bonds is 10. The van der Waals surface area contributed by atoms with E-state index in [1.165, 1.54) is 44.9 Å². The molecule has 0 aromatic rings. The Morgan fingerprint density at radius 1 is 0.862 bits per heavy atom. The molecule has 2 bridgehead atoms. The summed E-state index contributed by atoms with van der Waals surface area (Å²) in [6.45, 7) is 17.9. The molecule has 4 nitrogen and oxygen atoms in total. The minimum absolute atomic E-state index is 0.0194. The van der Waals surface area contributed by atoms with Crippen LogP contribution in [-0.2, 0) is 14.2 Å². The maximum absolute atomic E-state index is 6.08. The molecule has 0 unspecified atom stereocenters. The van der Waals surface area contributed by atoms with E-state index in [-0.39, 0.29) is 11.1 Å². The molecule has 0 spiro atoms. The molecule has 0 atom stereocenters. The Morgan fingerprint density at radius 3 is 2.10 bits per heavy atom. The molecule has 5 aliphatic rings. The Kier molecular flexibility index (Phi) is 5.90. The second kappa shape index (κ2) is 7.76. The van der Waals surface area contributed by atoms with Crippen LogP contribution in [0, 0.1) is 16.7 Å². The molecule has 1 saturated heterocycles. The van der Waals surface area contributed by atoms with Gasteiger partial charge < -0.3 is 14.2 Å². The predicted octanol–water partition coefficient (Wildman–Crippen LogP) is 5.05. The fourth-order valence-electron chi connectivity index (χ4n) is 6.32. The maximum atomic E-state index is 6.08. The highest BCUT2D eigenvalue weighted by Gasteiger charge is 2.66. The zero-order valence-corrected chi connectivity index (χ0v) is 19.9. The van der Waals surface area contributed by atoms with Crippen molar-refractivity contribution in [2.24, 2.45) is 16.7 Å². The first kappa shape index (κ1) is 22.0. The molecule has 1 aliphatic heterocycles. The van der Waals surface area contributed by atoms with E-state index in [2.05, 4.69) is 46.4 Å².